The maximum absolute atomic E-state index is 11.3. The molecule has 6 heteroatoms. The van der Waals surface area contributed by atoms with E-state index in [9.17, 15) is 9.90 Å². The average Bonchev–Trinajstić information content (AvgIpc) is 3.23. The lowest BCUT2D eigenvalue weighted by atomic mass is 9.90. The molecule has 4 rings (SSSR count). The molecule has 1 aliphatic rings. The molecule has 1 unspecified atom stereocenters. The molecule has 0 bridgehead atoms. The minimum Gasteiger partial charge on any atom is -0.481 e. The van der Waals surface area contributed by atoms with E-state index >= 15 is 0 Å². The van der Waals surface area contributed by atoms with Crippen molar-refractivity contribution in [2.75, 3.05) is 11.9 Å². The summed E-state index contributed by atoms with van der Waals surface area (Å²) in [5, 5.41) is 13.6. The number of hydrogen-bond acceptors (Lipinski definition) is 5. The van der Waals surface area contributed by atoms with Gasteiger partial charge in [-0.25, -0.2) is 9.97 Å². The first-order valence-corrected chi connectivity index (χ1v) is 11.0. The molecule has 4 heterocycles. The van der Waals surface area contributed by atoms with Crippen LogP contribution in [0.3, 0.4) is 0 Å². The molecule has 0 spiro atoms. The number of anilines is 1. The zero-order valence-corrected chi connectivity index (χ0v) is 17.3. The number of aryl methyl sites for hydroxylation is 2. The number of furan rings is 1. The molecular formula is C24H29N3O3. The van der Waals surface area contributed by atoms with Gasteiger partial charge >= 0.3 is 5.97 Å². The van der Waals surface area contributed by atoms with Gasteiger partial charge in [-0.1, -0.05) is 25.3 Å². The number of nitrogens with one attached hydrogen (secondary N) is 1. The largest absolute Gasteiger partial charge is 0.481 e. The van der Waals surface area contributed by atoms with Crippen LogP contribution in [0.5, 0.6) is 0 Å². The van der Waals surface area contributed by atoms with Crippen LogP contribution in [-0.4, -0.2) is 27.6 Å². The van der Waals surface area contributed by atoms with Crippen LogP contribution in [0, 0.1) is 0 Å². The fourth-order valence-electron chi connectivity index (χ4n) is 4.26. The van der Waals surface area contributed by atoms with Crippen LogP contribution in [0.4, 0.5) is 5.82 Å². The van der Waals surface area contributed by atoms with Gasteiger partial charge in [0.05, 0.1) is 12.7 Å². The lowest BCUT2D eigenvalue weighted by Crippen LogP contribution is -2.13. The van der Waals surface area contributed by atoms with Crippen molar-refractivity contribution in [2.45, 2.75) is 63.7 Å². The number of unbranched alkanes of at least 4 members (excludes halogenated alkanes) is 3. The fraction of sp³-hybridized carbons (Fsp3) is 0.458. The molecule has 1 atom stereocenters. The molecule has 158 valence electrons. The Balaban J connectivity index is 1.24. The number of carbonyl (C=O) groups is 1. The number of fused-ring (bicyclic) bond motifs is 2. The van der Waals surface area contributed by atoms with Gasteiger partial charge in [0.25, 0.3) is 0 Å². The number of aromatic nitrogens is 2. The van der Waals surface area contributed by atoms with E-state index in [1.165, 1.54) is 12.0 Å². The number of carboxylic acids is 1. The van der Waals surface area contributed by atoms with Crippen LogP contribution in [0.1, 0.15) is 67.7 Å². The molecule has 6 nitrogen and oxygen atoms in total. The Morgan fingerprint density at radius 2 is 2.10 bits per heavy atom. The summed E-state index contributed by atoms with van der Waals surface area (Å²) >= 11 is 0. The first kappa shape index (κ1) is 20.4. The van der Waals surface area contributed by atoms with Crippen molar-refractivity contribution in [3.8, 4) is 0 Å². The summed E-state index contributed by atoms with van der Waals surface area (Å²) in [6.45, 7) is 1.02. The molecule has 3 aromatic rings. The van der Waals surface area contributed by atoms with Crippen LogP contribution in [0.25, 0.3) is 11.1 Å². The number of aliphatic carboxylic acids is 1. The van der Waals surface area contributed by atoms with Gasteiger partial charge in [-0.3, -0.25) is 4.79 Å². The smallest absolute Gasteiger partial charge is 0.303 e. The average molecular weight is 408 g/mol. The third kappa shape index (κ3) is 5.17. The highest BCUT2D eigenvalue weighted by Gasteiger charge is 2.17. The highest BCUT2D eigenvalue weighted by Crippen LogP contribution is 2.28. The Bertz CT molecular complexity index is 998. The molecule has 0 aliphatic carbocycles. The highest BCUT2D eigenvalue weighted by molar-refractivity contribution is 5.74. The van der Waals surface area contributed by atoms with Crippen molar-refractivity contribution in [1.82, 2.24) is 9.97 Å². The molecule has 30 heavy (non-hydrogen) atoms. The lowest BCUT2D eigenvalue weighted by molar-refractivity contribution is -0.137. The second kappa shape index (κ2) is 9.74. The van der Waals surface area contributed by atoms with Gasteiger partial charge in [0.15, 0.2) is 0 Å². The van der Waals surface area contributed by atoms with E-state index in [1.807, 2.05) is 12.1 Å². The third-order valence-electron chi connectivity index (χ3n) is 5.91. The predicted molar refractivity (Wildman–Crippen MR) is 117 cm³/mol. The zero-order chi connectivity index (χ0) is 20.8. The summed E-state index contributed by atoms with van der Waals surface area (Å²) in [5.41, 5.74) is 4.07. The third-order valence-corrected chi connectivity index (χ3v) is 5.91. The monoisotopic (exact) mass is 407 g/mol. The van der Waals surface area contributed by atoms with E-state index in [2.05, 4.69) is 22.4 Å². The van der Waals surface area contributed by atoms with Gasteiger partial charge in [-0.05, 0) is 67.3 Å². The number of rotatable bonds is 10. The quantitative estimate of drug-likeness (QED) is 0.442. The Kier molecular flexibility index (Phi) is 6.62. The molecule has 0 radical (unpaired) electrons. The summed E-state index contributed by atoms with van der Waals surface area (Å²) in [6.07, 6.45) is 12.0. The van der Waals surface area contributed by atoms with Crippen molar-refractivity contribution in [2.24, 2.45) is 0 Å². The summed E-state index contributed by atoms with van der Waals surface area (Å²) in [7, 11) is 0. The second-order valence-corrected chi connectivity index (χ2v) is 8.17. The van der Waals surface area contributed by atoms with Gasteiger partial charge in [-0.15, -0.1) is 0 Å². The Morgan fingerprint density at radius 3 is 3.00 bits per heavy atom. The second-order valence-electron chi connectivity index (χ2n) is 8.17. The van der Waals surface area contributed by atoms with Crippen LogP contribution in [-0.2, 0) is 17.6 Å². The van der Waals surface area contributed by atoms with Gasteiger partial charge in [0.1, 0.15) is 5.82 Å². The van der Waals surface area contributed by atoms with Crippen LogP contribution in [0.15, 0.2) is 41.1 Å². The molecule has 0 saturated heterocycles. The zero-order valence-electron chi connectivity index (χ0n) is 17.3. The van der Waals surface area contributed by atoms with Gasteiger partial charge < -0.3 is 14.8 Å². The minimum atomic E-state index is -0.764. The summed E-state index contributed by atoms with van der Waals surface area (Å²) in [4.78, 5) is 20.4. The highest BCUT2D eigenvalue weighted by atomic mass is 16.4. The van der Waals surface area contributed by atoms with Crippen LogP contribution < -0.4 is 5.32 Å². The van der Waals surface area contributed by atoms with Crippen molar-refractivity contribution in [3.63, 3.8) is 0 Å². The number of hydrogen-bond donors (Lipinski definition) is 2. The molecule has 0 aromatic carbocycles. The lowest BCUT2D eigenvalue weighted by Gasteiger charge is -2.17. The summed E-state index contributed by atoms with van der Waals surface area (Å²) in [6, 6.07) is 8.25. The Hall–Kier alpha value is -2.89. The summed E-state index contributed by atoms with van der Waals surface area (Å²) < 4.78 is 5.29. The van der Waals surface area contributed by atoms with E-state index in [0.717, 1.165) is 74.0 Å². The molecule has 3 aromatic heterocycles. The first-order chi connectivity index (χ1) is 14.7. The maximum Gasteiger partial charge on any atom is 0.303 e. The molecular weight excluding hydrogens is 378 g/mol. The molecule has 1 aliphatic heterocycles. The minimum absolute atomic E-state index is 0.0114. The normalized spacial score (nSPS) is 14.3. The van der Waals surface area contributed by atoms with Crippen LogP contribution in [0.2, 0.25) is 0 Å². The standard InChI is InChI=1S/C24H29N3O3/c28-22(29)15-18(20-14-19-11-13-30-24(19)26-16-20)6-3-1-2-4-8-21-10-9-17-7-5-12-25-23(17)27-21/h9-11,13-14,16,18H,1-8,12,15H2,(H,25,27)(H,28,29). The number of carboxylic acid groups (broad SMARTS) is 1. The molecule has 2 N–H and O–H groups in total. The van der Waals surface area contributed by atoms with E-state index in [4.69, 9.17) is 9.40 Å². The topological polar surface area (TPSA) is 88.2 Å². The first-order valence-electron chi connectivity index (χ1n) is 11.0. The van der Waals surface area contributed by atoms with Gasteiger partial charge in [0.2, 0.25) is 5.71 Å². The van der Waals surface area contributed by atoms with Gasteiger partial charge in [-0.2, -0.15) is 0 Å². The number of nitrogens with zero attached hydrogens (tertiary/aromatic N) is 2. The van der Waals surface area contributed by atoms with Crippen molar-refractivity contribution < 1.29 is 14.3 Å². The summed E-state index contributed by atoms with van der Waals surface area (Å²) in [5.74, 6) is 0.292. The number of pyridine rings is 2. The van der Waals surface area contributed by atoms with Crippen molar-refractivity contribution >= 4 is 22.9 Å². The molecule has 0 amide bonds. The Morgan fingerprint density at radius 1 is 1.20 bits per heavy atom. The van der Waals surface area contributed by atoms with Crippen molar-refractivity contribution in [3.05, 3.63) is 53.5 Å². The SMILES string of the molecule is O=C(O)CC(CCCCCCc1ccc2c(n1)NCCC2)c1cnc2occc2c1. The maximum atomic E-state index is 11.3. The van der Waals surface area contributed by atoms with Gasteiger partial charge in [0, 0.05) is 23.8 Å². The molecule has 0 fully saturated rings. The molecule has 0 saturated carbocycles. The predicted octanol–water partition coefficient (Wildman–Crippen LogP) is 5.33. The van der Waals surface area contributed by atoms with E-state index in [-0.39, 0.29) is 12.3 Å². The Labute approximate surface area is 176 Å². The fourth-order valence-corrected chi connectivity index (χ4v) is 4.26. The van der Waals surface area contributed by atoms with Crippen molar-refractivity contribution in [1.29, 1.82) is 0 Å². The van der Waals surface area contributed by atoms with E-state index < -0.39 is 5.97 Å². The van der Waals surface area contributed by atoms with Crippen LogP contribution >= 0.6 is 0 Å². The van der Waals surface area contributed by atoms with E-state index in [0.29, 0.717) is 5.71 Å². The van der Waals surface area contributed by atoms with E-state index in [1.54, 1.807) is 12.5 Å².